The second-order valence-corrected chi connectivity index (χ2v) is 4.11. The van der Waals surface area contributed by atoms with Crippen LogP contribution in [-0.4, -0.2) is 25.5 Å². The first-order chi connectivity index (χ1) is 7.67. The van der Waals surface area contributed by atoms with Crippen molar-refractivity contribution < 1.29 is 14.3 Å². The molecule has 0 saturated heterocycles. The predicted octanol–water partition coefficient (Wildman–Crippen LogP) is 1.28. The fraction of sp³-hybridized carbons (Fsp3) is 0.273. The zero-order valence-corrected chi connectivity index (χ0v) is 10.4. The van der Waals surface area contributed by atoms with Crippen LogP contribution in [0.4, 0.5) is 0 Å². The third kappa shape index (κ3) is 3.66. The number of carbonyl (C=O) groups is 2. The van der Waals surface area contributed by atoms with Crippen molar-refractivity contribution >= 4 is 28.3 Å². The van der Waals surface area contributed by atoms with Crippen molar-refractivity contribution in [3.8, 4) is 0 Å². The number of nitrogens with one attached hydrogen (secondary N) is 1. The van der Waals surface area contributed by atoms with Crippen molar-refractivity contribution in [2.24, 2.45) is 0 Å². The Morgan fingerprint density at radius 1 is 1.50 bits per heavy atom. The molecule has 1 amide bonds. The minimum Gasteiger partial charge on any atom is -0.467 e. The van der Waals surface area contributed by atoms with E-state index in [9.17, 15) is 9.59 Å². The number of rotatable bonds is 5. The van der Waals surface area contributed by atoms with Gasteiger partial charge in [-0.25, -0.2) is 4.79 Å². The second-order valence-electron chi connectivity index (χ2n) is 3.19. The van der Waals surface area contributed by atoms with Crippen LogP contribution in [0.5, 0.6) is 0 Å². The van der Waals surface area contributed by atoms with Gasteiger partial charge < -0.3 is 10.1 Å². The monoisotopic (exact) mass is 285 g/mol. The smallest absolute Gasteiger partial charge is 0.328 e. The number of ether oxygens (including phenoxy) is 1. The van der Waals surface area contributed by atoms with Crippen LogP contribution < -0.4 is 5.32 Å². The van der Waals surface area contributed by atoms with Crippen LogP contribution in [0, 0.1) is 0 Å². The van der Waals surface area contributed by atoms with Crippen molar-refractivity contribution in [1.29, 1.82) is 0 Å². The van der Waals surface area contributed by atoms with Gasteiger partial charge in [0.05, 0.1) is 7.11 Å². The summed E-state index contributed by atoms with van der Waals surface area (Å²) in [7, 11) is 1.30. The van der Waals surface area contributed by atoms with Crippen molar-refractivity contribution in [1.82, 2.24) is 5.32 Å². The first-order valence-electron chi connectivity index (χ1n) is 4.69. The Hall–Kier alpha value is -1.36. The first kappa shape index (κ1) is 12.7. The molecule has 0 aliphatic rings. The van der Waals surface area contributed by atoms with Gasteiger partial charge >= 0.3 is 5.97 Å². The summed E-state index contributed by atoms with van der Waals surface area (Å²) in [5.41, 5.74) is 0.952. The molecular formula is C11H12BrNO3. The largest absolute Gasteiger partial charge is 0.467 e. The molecule has 0 saturated carbocycles. The second kappa shape index (κ2) is 6.27. The van der Waals surface area contributed by atoms with Crippen LogP contribution >= 0.6 is 15.9 Å². The molecule has 1 atom stereocenters. The van der Waals surface area contributed by atoms with Crippen molar-refractivity contribution in [2.75, 3.05) is 7.11 Å². The lowest BCUT2D eigenvalue weighted by atomic mass is 10.1. The van der Waals surface area contributed by atoms with E-state index in [1.807, 2.05) is 24.3 Å². The van der Waals surface area contributed by atoms with Crippen LogP contribution in [0.25, 0.3) is 0 Å². The van der Waals surface area contributed by atoms with E-state index in [0.29, 0.717) is 12.8 Å². The van der Waals surface area contributed by atoms with Crippen LogP contribution in [-0.2, 0) is 20.7 Å². The Morgan fingerprint density at radius 2 is 2.12 bits per heavy atom. The van der Waals surface area contributed by atoms with Crippen LogP contribution in [0.2, 0.25) is 0 Å². The number of benzene rings is 1. The maximum atomic E-state index is 11.3. The van der Waals surface area contributed by atoms with Gasteiger partial charge in [-0.2, -0.15) is 0 Å². The van der Waals surface area contributed by atoms with Gasteiger partial charge in [0.2, 0.25) is 6.41 Å². The maximum Gasteiger partial charge on any atom is 0.328 e. The molecule has 0 spiro atoms. The molecule has 1 N–H and O–H groups in total. The zero-order valence-electron chi connectivity index (χ0n) is 8.77. The summed E-state index contributed by atoms with van der Waals surface area (Å²) in [5.74, 6) is -0.449. The van der Waals surface area contributed by atoms with E-state index in [4.69, 9.17) is 0 Å². The van der Waals surface area contributed by atoms with Gasteiger partial charge in [0.25, 0.3) is 0 Å². The highest BCUT2D eigenvalue weighted by Crippen LogP contribution is 2.12. The molecule has 0 aliphatic carbocycles. The predicted molar refractivity (Wildman–Crippen MR) is 62.8 cm³/mol. The molecule has 0 bridgehead atoms. The van der Waals surface area contributed by atoms with E-state index in [1.54, 1.807) is 0 Å². The minimum absolute atomic E-state index is 0.415. The van der Waals surface area contributed by atoms with Crippen molar-refractivity contribution in [3.63, 3.8) is 0 Å². The highest BCUT2D eigenvalue weighted by molar-refractivity contribution is 9.10. The van der Waals surface area contributed by atoms with Gasteiger partial charge in [0.1, 0.15) is 6.04 Å². The van der Waals surface area contributed by atoms with Crippen LogP contribution in [0.1, 0.15) is 5.56 Å². The highest BCUT2D eigenvalue weighted by atomic mass is 79.9. The van der Waals surface area contributed by atoms with E-state index >= 15 is 0 Å². The Labute approximate surface area is 102 Å². The SMILES string of the molecule is COC(=O)C(Cc1ccc(Br)cc1)NC=O. The van der Waals surface area contributed by atoms with Crippen LogP contribution in [0.15, 0.2) is 28.7 Å². The number of methoxy groups -OCH3 is 1. The number of hydrogen-bond donors (Lipinski definition) is 1. The molecule has 16 heavy (non-hydrogen) atoms. The topological polar surface area (TPSA) is 55.4 Å². The maximum absolute atomic E-state index is 11.3. The number of halogens is 1. The van der Waals surface area contributed by atoms with Gasteiger partial charge in [-0.15, -0.1) is 0 Å². The van der Waals surface area contributed by atoms with Gasteiger partial charge in [-0.05, 0) is 17.7 Å². The Bertz CT molecular complexity index is 364. The van der Waals surface area contributed by atoms with Crippen LogP contribution in [0.3, 0.4) is 0 Å². The molecule has 1 aromatic carbocycles. The summed E-state index contributed by atoms with van der Waals surface area (Å²) in [6.07, 6.45) is 0.916. The molecule has 0 aromatic heterocycles. The number of esters is 1. The number of carbonyl (C=O) groups excluding carboxylic acids is 2. The van der Waals surface area contributed by atoms with E-state index in [-0.39, 0.29) is 0 Å². The quantitative estimate of drug-likeness (QED) is 0.655. The third-order valence-electron chi connectivity index (χ3n) is 2.11. The average Bonchev–Trinajstić information content (AvgIpc) is 2.30. The van der Waals surface area contributed by atoms with E-state index in [1.165, 1.54) is 7.11 Å². The number of amides is 1. The summed E-state index contributed by atoms with van der Waals surface area (Å²) in [5, 5.41) is 2.43. The highest BCUT2D eigenvalue weighted by Gasteiger charge is 2.18. The average molecular weight is 286 g/mol. The normalized spacial score (nSPS) is 11.6. The summed E-state index contributed by atoms with van der Waals surface area (Å²) in [6, 6.07) is 6.89. The molecule has 1 unspecified atom stereocenters. The zero-order chi connectivity index (χ0) is 12.0. The Morgan fingerprint density at radius 3 is 2.62 bits per heavy atom. The molecule has 0 heterocycles. The minimum atomic E-state index is -0.635. The summed E-state index contributed by atoms with van der Waals surface area (Å²) >= 11 is 3.32. The third-order valence-corrected chi connectivity index (χ3v) is 2.64. The fourth-order valence-electron chi connectivity index (χ4n) is 1.29. The standard InChI is InChI=1S/C11H12BrNO3/c1-16-11(15)10(13-7-14)6-8-2-4-9(12)5-3-8/h2-5,7,10H,6H2,1H3,(H,13,14). The Kier molecular flexibility index (Phi) is 4.98. The van der Waals surface area contributed by atoms with Crippen molar-refractivity contribution in [3.05, 3.63) is 34.3 Å². The van der Waals surface area contributed by atoms with E-state index in [0.717, 1.165) is 10.0 Å². The number of hydrogen-bond acceptors (Lipinski definition) is 3. The van der Waals surface area contributed by atoms with Crippen molar-refractivity contribution in [2.45, 2.75) is 12.5 Å². The molecule has 1 aromatic rings. The lowest BCUT2D eigenvalue weighted by Crippen LogP contribution is -2.38. The molecule has 0 aliphatic heterocycles. The molecular weight excluding hydrogens is 274 g/mol. The van der Waals surface area contributed by atoms with Gasteiger partial charge in [-0.3, -0.25) is 4.79 Å². The lowest BCUT2D eigenvalue weighted by molar-refractivity contribution is -0.144. The Balaban J connectivity index is 2.71. The van der Waals surface area contributed by atoms with E-state index in [2.05, 4.69) is 26.0 Å². The lowest BCUT2D eigenvalue weighted by Gasteiger charge is -2.13. The molecule has 0 fully saturated rings. The summed E-state index contributed by atoms with van der Waals surface area (Å²) < 4.78 is 5.56. The van der Waals surface area contributed by atoms with E-state index < -0.39 is 12.0 Å². The van der Waals surface area contributed by atoms with Gasteiger partial charge in [0, 0.05) is 10.9 Å². The fourth-order valence-corrected chi connectivity index (χ4v) is 1.56. The van der Waals surface area contributed by atoms with Gasteiger partial charge in [0.15, 0.2) is 0 Å². The first-order valence-corrected chi connectivity index (χ1v) is 5.48. The molecule has 86 valence electrons. The molecule has 0 radical (unpaired) electrons. The molecule has 4 nitrogen and oxygen atoms in total. The molecule has 1 rings (SSSR count). The molecule has 5 heteroatoms. The van der Waals surface area contributed by atoms with Gasteiger partial charge in [-0.1, -0.05) is 28.1 Å². The summed E-state index contributed by atoms with van der Waals surface area (Å²) in [6.45, 7) is 0. The summed E-state index contributed by atoms with van der Waals surface area (Å²) in [4.78, 5) is 21.7.